The predicted molar refractivity (Wildman–Crippen MR) is 55.8 cm³/mol. The second kappa shape index (κ2) is 3.07. The zero-order valence-electron chi connectivity index (χ0n) is 8.45. The average molecular weight is 203 g/mol. The van der Waals surface area contributed by atoms with Crippen LogP contribution in [0.15, 0.2) is 12.1 Å². The van der Waals surface area contributed by atoms with E-state index in [1.165, 1.54) is 5.56 Å². The molecule has 15 heavy (non-hydrogen) atoms. The van der Waals surface area contributed by atoms with Crippen molar-refractivity contribution in [3.05, 3.63) is 28.8 Å². The van der Waals surface area contributed by atoms with E-state index in [1.54, 1.807) is 0 Å². The molecule has 0 amide bonds. The van der Waals surface area contributed by atoms with Crippen LogP contribution in [0.25, 0.3) is 0 Å². The molecule has 2 N–H and O–H groups in total. The molecular formula is C12H13NO2. The van der Waals surface area contributed by atoms with Crippen LogP contribution in [0.1, 0.15) is 23.1 Å². The Hall–Kier alpha value is -1.35. The predicted octanol–water partition coefficient (Wildman–Crippen LogP) is 0.964. The van der Waals surface area contributed by atoms with Gasteiger partial charge in [0.1, 0.15) is 5.75 Å². The van der Waals surface area contributed by atoms with Crippen LogP contribution in [0, 0.1) is 0 Å². The van der Waals surface area contributed by atoms with Crippen molar-refractivity contribution >= 4 is 5.97 Å². The first kappa shape index (κ1) is 8.92. The number of aryl methyl sites for hydroxylation is 1. The van der Waals surface area contributed by atoms with Crippen molar-refractivity contribution in [2.75, 3.05) is 0 Å². The van der Waals surface area contributed by atoms with E-state index in [0.717, 1.165) is 36.1 Å². The summed E-state index contributed by atoms with van der Waals surface area (Å²) in [5.41, 5.74) is 9.47. The molecule has 1 aromatic rings. The SMILES string of the molecule is NC1Cc2ccc3c(c2C1)OC(=O)CC3. The number of hydrogen-bond donors (Lipinski definition) is 1. The zero-order chi connectivity index (χ0) is 10.4. The molecule has 2 aliphatic rings. The lowest BCUT2D eigenvalue weighted by molar-refractivity contribution is -0.135. The minimum absolute atomic E-state index is 0.114. The minimum atomic E-state index is -0.114. The maximum absolute atomic E-state index is 11.3. The molecule has 1 aliphatic heterocycles. The van der Waals surface area contributed by atoms with Gasteiger partial charge in [0.15, 0.2) is 0 Å². The number of nitrogens with two attached hydrogens (primary N) is 1. The van der Waals surface area contributed by atoms with Crippen LogP contribution in [0.2, 0.25) is 0 Å². The molecule has 0 radical (unpaired) electrons. The summed E-state index contributed by atoms with van der Waals surface area (Å²) in [5.74, 6) is 0.688. The van der Waals surface area contributed by atoms with Crippen molar-refractivity contribution in [1.29, 1.82) is 0 Å². The maximum Gasteiger partial charge on any atom is 0.311 e. The van der Waals surface area contributed by atoms with Gasteiger partial charge in [-0.1, -0.05) is 12.1 Å². The molecule has 1 aliphatic carbocycles. The van der Waals surface area contributed by atoms with Crippen LogP contribution in [0.3, 0.4) is 0 Å². The van der Waals surface area contributed by atoms with Gasteiger partial charge in [-0.05, 0) is 36.0 Å². The van der Waals surface area contributed by atoms with Crippen molar-refractivity contribution in [3.8, 4) is 5.75 Å². The first-order valence-corrected chi connectivity index (χ1v) is 5.34. The summed E-state index contributed by atoms with van der Waals surface area (Å²) in [6, 6.07) is 4.38. The molecular weight excluding hydrogens is 190 g/mol. The van der Waals surface area contributed by atoms with Crippen LogP contribution in [-0.4, -0.2) is 12.0 Å². The number of fused-ring (bicyclic) bond motifs is 3. The number of carbonyl (C=O) groups excluding carboxylic acids is 1. The molecule has 1 heterocycles. The third-order valence-corrected chi connectivity index (χ3v) is 3.20. The molecule has 78 valence electrons. The number of benzene rings is 1. The van der Waals surface area contributed by atoms with Gasteiger partial charge in [0, 0.05) is 6.04 Å². The number of ether oxygens (including phenoxy) is 1. The molecule has 0 aromatic heterocycles. The topological polar surface area (TPSA) is 52.3 Å². The minimum Gasteiger partial charge on any atom is -0.426 e. The Kier molecular flexibility index (Phi) is 1.83. The molecule has 0 saturated carbocycles. The Morgan fingerprint density at radius 2 is 2.00 bits per heavy atom. The number of carbonyl (C=O) groups is 1. The Balaban J connectivity index is 2.12. The van der Waals surface area contributed by atoms with Crippen LogP contribution in [0.4, 0.5) is 0 Å². The maximum atomic E-state index is 11.3. The summed E-state index contributed by atoms with van der Waals surface area (Å²) >= 11 is 0. The average Bonchev–Trinajstić information content (AvgIpc) is 2.58. The van der Waals surface area contributed by atoms with E-state index in [4.69, 9.17) is 10.5 Å². The molecule has 3 nitrogen and oxygen atoms in total. The number of esters is 1. The molecule has 0 fully saturated rings. The highest BCUT2D eigenvalue weighted by atomic mass is 16.5. The van der Waals surface area contributed by atoms with E-state index >= 15 is 0 Å². The first-order chi connectivity index (χ1) is 7.24. The van der Waals surface area contributed by atoms with Crippen molar-refractivity contribution in [2.24, 2.45) is 5.73 Å². The summed E-state index contributed by atoms with van der Waals surface area (Å²) in [6.45, 7) is 0. The van der Waals surface area contributed by atoms with Gasteiger partial charge in [0.05, 0.1) is 6.42 Å². The Bertz CT molecular complexity index is 439. The smallest absolute Gasteiger partial charge is 0.311 e. The van der Waals surface area contributed by atoms with Crippen LogP contribution in [0.5, 0.6) is 5.75 Å². The third-order valence-electron chi connectivity index (χ3n) is 3.20. The highest BCUT2D eigenvalue weighted by molar-refractivity contribution is 5.76. The molecule has 0 spiro atoms. The normalized spacial score (nSPS) is 23.3. The van der Waals surface area contributed by atoms with Crippen molar-refractivity contribution in [1.82, 2.24) is 0 Å². The van der Waals surface area contributed by atoms with E-state index in [2.05, 4.69) is 12.1 Å². The van der Waals surface area contributed by atoms with Gasteiger partial charge in [-0.3, -0.25) is 4.79 Å². The standard InChI is InChI=1S/C12H13NO2/c13-9-5-8-2-1-7-3-4-11(14)15-12(7)10(8)6-9/h1-2,9H,3-6,13H2. The summed E-state index contributed by atoms with van der Waals surface area (Å²) in [7, 11) is 0. The van der Waals surface area contributed by atoms with E-state index in [0.29, 0.717) is 6.42 Å². The van der Waals surface area contributed by atoms with E-state index < -0.39 is 0 Å². The Morgan fingerprint density at radius 1 is 1.20 bits per heavy atom. The van der Waals surface area contributed by atoms with Crippen LogP contribution in [-0.2, 0) is 24.1 Å². The van der Waals surface area contributed by atoms with E-state index in [1.807, 2.05) is 0 Å². The van der Waals surface area contributed by atoms with Gasteiger partial charge in [0.2, 0.25) is 0 Å². The first-order valence-electron chi connectivity index (χ1n) is 5.34. The monoisotopic (exact) mass is 203 g/mol. The second-order valence-electron chi connectivity index (χ2n) is 4.33. The van der Waals surface area contributed by atoms with E-state index in [9.17, 15) is 4.79 Å². The van der Waals surface area contributed by atoms with Gasteiger partial charge in [-0.15, -0.1) is 0 Å². The quantitative estimate of drug-likeness (QED) is 0.505. The largest absolute Gasteiger partial charge is 0.426 e. The Labute approximate surface area is 88.2 Å². The summed E-state index contributed by atoms with van der Waals surface area (Å²) < 4.78 is 5.33. The fourth-order valence-electron chi connectivity index (χ4n) is 2.47. The number of rotatable bonds is 0. The second-order valence-corrected chi connectivity index (χ2v) is 4.33. The third kappa shape index (κ3) is 1.35. The summed E-state index contributed by atoms with van der Waals surface area (Å²) in [4.78, 5) is 11.3. The highest BCUT2D eigenvalue weighted by Crippen LogP contribution is 2.36. The summed E-state index contributed by atoms with van der Waals surface area (Å²) in [5, 5.41) is 0. The van der Waals surface area contributed by atoms with Crippen molar-refractivity contribution in [2.45, 2.75) is 31.7 Å². The van der Waals surface area contributed by atoms with Gasteiger partial charge >= 0.3 is 5.97 Å². The molecule has 3 heteroatoms. The molecule has 0 bridgehead atoms. The van der Waals surface area contributed by atoms with Crippen LogP contribution >= 0.6 is 0 Å². The lowest BCUT2D eigenvalue weighted by Crippen LogP contribution is -2.20. The molecule has 1 atom stereocenters. The highest BCUT2D eigenvalue weighted by Gasteiger charge is 2.27. The Morgan fingerprint density at radius 3 is 2.87 bits per heavy atom. The van der Waals surface area contributed by atoms with Crippen molar-refractivity contribution < 1.29 is 9.53 Å². The molecule has 3 rings (SSSR count). The van der Waals surface area contributed by atoms with Gasteiger partial charge in [-0.25, -0.2) is 0 Å². The lowest BCUT2D eigenvalue weighted by Gasteiger charge is -2.18. The lowest BCUT2D eigenvalue weighted by atomic mass is 9.99. The number of hydrogen-bond acceptors (Lipinski definition) is 3. The van der Waals surface area contributed by atoms with Gasteiger partial charge in [0.25, 0.3) is 0 Å². The zero-order valence-corrected chi connectivity index (χ0v) is 8.45. The molecule has 1 aromatic carbocycles. The van der Waals surface area contributed by atoms with Gasteiger partial charge < -0.3 is 10.5 Å². The molecule has 1 unspecified atom stereocenters. The summed E-state index contributed by atoms with van der Waals surface area (Å²) in [6.07, 6.45) is 3.04. The fourth-order valence-corrected chi connectivity index (χ4v) is 2.47. The van der Waals surface area contributed by atoms with Gasteiger partial charge in [-0.2, -0.15) is 0 Å². The molecule has 0 saturated heterocycles. The van der Waals surface area contributed by atoms with Crippen LogP contribution < -0.4 is 10.5 Å². The fraction of sp³-hybridized carbons (Fsp3) is 0.417. The van der Waals surface area contributed by atoms with E-state index in [-0.39, 0.29) is 12.0 Å². The van der Waals surface area contributed by atoms with Crippen molar-refractivity contribution in [3.63, 3.8) is 0 Å².